The van der Waals surface area contributed by atoms with E-state index < -0.39 is 0 Å². The molecule has 4 nitrogen and oxygen atoms in total. The molecule has 1 aromatic carbocycles. The molecule has 2 atom stereocenters. The number of allylic oxidation sites excluding steroid dienone is 1. The molecule has 1 aliphatic carbocycles. The Labute approximate surface area is 191 Å². The fraction of sp³-hybridized carbons (Fsp3) is 0.500. The van der Waals surface area contributed by atoms with Crippen molar-refractivity contribution in [3.05, 3.63) is 71.1 Å². The Hall–Kier alpha value is -2.62. The van der Waals surface area contributed by atoms with Crippen LogP contribution in [0, 0.1) is 11.3 Å². The summed E-state index contributed by atoms with van der Waals surface area (Å²) in [5.41, 5.74) is 4.02. The van der Waals surface area contributed by atoms with Crippen LogP contribution in [0.4, 0.5) is 0 Å². The van der Waals surface area contributed by atoms with E-state index in [1.807, 2.05) is 30.6 Å². The number of H-pyrrole nitrogens is 1. The molecule has 2 fully saturated rings. The van der Waals surface area contributed by atoms with E-state index in [0.29, 0.717) is 17.2 Å². The van der Waals surface area contributed by atoms with Gasteiger partial charge in [-0.1, -0.05) is 48.4 Å². The third kappa shape index (κ3) is 4.46. The molecule has 3 aliphatic rings. The summed E-state index contributed by atoms with van der Waals surface area (Å²) in [4.78, 5) is 23.8. The van der Waals surface area contributed by atoms with Gasteiger partial charge < -0.3 is 9.88 Å². The summed E-state index contributed by atoms with van der Waals surface area (Å²) in [7, 11) is 0. The molecule has 32 heavy (non-hydrogen) atoms. The summed E-state index contributed by atoms with van der Waals surface area (Å²) in [6.07, 6.45) is 15.6. The largest absolute Gasteiger partial charge is 0.346 e. The third-order valence-electron chi connectivity index (χ3n) is 7.93. The maximum Gasteiger partial charge on any atom is 0.229 e. The smallest absolute Gasteiger partial charge is 0.229 e. The summed E-state index contributed by atoms with van der Waals surface area (Å²) in [5.74, 6) is 0.731. The molecule has 2 aliphatic heterocycles. The zero-order valence-corrected chi connectivity index (χ0v) is 19.2. The van der Waals surface area contributed by atoms with E-state index in [1.165, 1.54) is 42.9 Å². The van der Waals surface area contributed by atoms with Gasteiger partial charge in [0.25, 0.3) is 0 Å². The fourth-order valence-electron chi connectivity index (χ4n) is 5.75. The average molecular weight is 430 g/mol. The summed E-state index contributed by atoms with van der Waals surface area (Å²) in [6, 6.07) is 12.5. The topological polar surface area (TPSA) is 48.5 Å². The predicted molar refractivity (Wildman–Crippen MR) is 128 cm³/mol. The first kappa shape index (κ1) is 21.2. The molecule has 0 bridgehead atoms. The van der Waals surface area contributed by atoms with E-state index in [9.17, 15) is 4.79 Å². The normalized spacial score (nSPS) is 27.5. The minimum atomic E-state index is -0.0829. The van der Waals surface area contributed by atoms with Gasteiger partial charge in [-0.15, -0.1) is 0 Å². The first-order valence-electron chi connectivity index (χ1n) is 12.4. The lowest BCUT2D eigenvalue weighted by Gasteiger charge is -2.30. The number of hydrogen-bond acceptors (Lipinski definition) is 2. The molecule has 2 aromatic rings. The Morgan fingerprint density at radius 1 is 1.16 bits per heavy atom. The molecule has 1 saturated heterocycles. The van der Waals surface area contributed by atoms with Crippen molar-refractivity contribution in [1.29, 1.82) is 0 Å². The maximum atomic E-state index is 13.6. The van der Waals surface area contributed by atoms with Crippen molar-refractivity contribution < 1.29 is 4.79 Å². The number of carbonyl (C=O) groups excluding carboxylic acids is 1. The Bertz CT molecular complexity index is 1090. The van der Waals surface area contributed by atoms with Gasteiger partial charge in [0.15, 0.2) is 0 Å². The fourth-order valence-corrected chi connectivity index (χ4v) is 5.75. The molecule has 1 aromatic heterocycles. The average Bonchev–Trinajstić information content (AvgIpc) is 3.39. The number of nitrogens with one attached hydrogen (secondary N) is 1. The minimum Gasteiger partial charge on any atom is -0.346 e. The maximum absolute atomic E-state index is 13.6. The predicted octanol–water partition coefficient (Wildman–Crippen LogP) is 4.70. The number of hydrogen-bond donors (Lipinski definition) is 1. The number of carbonyl (C=O) groups is 1. The van der Waals surface area contributed by atoms with Gasteiger partial charge in [0.1, 0.15) is 5.49 Å². The number of aromatic nitrogens is 1. The lowest BCUT2D eigenvalue weighted by Crippen LogP contribution is -2.39. The molecule has 3 heterocycles. The number of benzene rings is 1. The van der Waals surface area contributed by atoms with Gasteiger partial charge in [0.2, 0.25) is 5.91 Å². The molecule has 1 saturated carbocycles. The van der Waals surface area contributed by atoms with E-state index in [2.05, 4.69) is 46.1 Å². The number of amides is 1. The van der Waals surface area contributed by atoms with Crippen molar-refractivity contribution in [2.75, 3.05) is 13.1 Å². The Morgan fingerprint density at radius 3 is 2.81 bits per heavy atom. The molecule has 0 radical (unpaired) electrons. The minimum absolute atomic E-state index is 0.0829. The van der Waals surface area contributed by atoms with Gasteiger partial charge in [-0.2, -0.15) is 0 Å². The Morgan fingerprint density at radius 2 is 2.00 bits per heavy atom. The zero-order valence-electron chi connectivity index (χ0n) is 19.2. The standard InChI is InChI=1S/C28H35N3O/c1-21(22-8-3-2-4-9-22)27(32)31-19-13-23(10-7-14-28(20-31)15-16-28)24-11-5-6-17-29-26-25(24)12-18-30-26/h2-4,6,8-9,12,17-18,21,23H,5,7,10-11,13-16,19-20H2,1H3,(H,29,30)/b17-6-,25-24+/t21?,23-/m1/s1. The summed E-state index contributed by atoms with van der Waals surface area (Å²) < 4.78 is 0. The second-order valence-electron chi connectivity index (χ2n) is 10.1. The quantitative estimate of drug-likeness (QED) is 0.756. The highest BCUT2D eigenvalue weighted by molar-refractivity contribution is 5.83. The zero-order chi connectivity index (χ0) is 22.0. The molecule has 4 heteroatoms. The highest BCUT2D eigenvalue weighted by Crippen LogP contribution is 2.51. The van der Waals surface area contributed by atoms with Crippen LogP contribution in [-0.2, 0) is 4.79 Å². The second kappa shape index (κ2) is 9.09. The number of aromatic amines is 1. The first-order valence-corrected chi connectivity index (χ1v) is 12.4. The van der Waals surface area contributed by atoms with Crippen molar-refractivity contribution in [2.45, 2.75) is 64.2 Å². The highest BCUT2D eigenvalue weighted by Gasteiger charge is 2.45. The van der Waals surface area contributed by atoms with Crippen LogP contribution in [-0.4, -0.2) is 28.9 Å². The monoisotopic (exact) mass is 429 g/mol. The Balaban J connectivity index is 1.42. The first-order chi connectivity index (χ1) is 15.7. The second-order valence-corrected chi connectivity index (χ2v) is 10.1. The molecular formula is C28H35N3O. The van der Waals surface area contributed by atoms with Crippen molar-refractivity contribution in [1.82, 2.24) is 9.88 Å². The van der Waals surface area contributed by atoms with Gasteiger partial charge in [-0.3, -0.25) is 4.79 Å². The van der Waals surface area contributed by atoms with Gasteiger partial charge in [0.05, 0.1) is 5.92 Å². The molecule has 1 spiro atoms. The molecular weight excluding hydrogens is 394 g/mol. The molecule has 1 amide bonds. The van der Waals surface area contributed by atoms with Crippen LogP contribution in [0.5, 0.6) is 0 Å². The molecule has 1 N–H and O–H groups in total. The number of nitrogens with zero attached hydrogens (tertiary/aromatic N) is 2. The SMILES string of the molecule is CC(C(=O)N1CC[C@H](\C2=c3/cc[nH]/c3=N\C=C/CC2)CCCC2(CC2)C1)c1ccccc1. The molecule has 1 unspecified atom stereocenters. The van der Waals surface area contributed by atoms with E-state index >= 15 is 0 Å². The van der Waals surface area contributed by atoms with Gasteiger partial charge in [0, 0.05) is 30.7 Å². The van der Waals surface area contributed by atoms with Crippen LogP contribution in [0.2, 0.25) is 0 Å². The summed E-state index contributed by atoms with van der Waals surface area (Å²) in [6.45, 7) is 3.88. The van der Waals surface area contributed by atoms with Crippen molar-refractivity contribution in [2.24, 2.45) is 16.3 Å². The van der Waals surface area contributed by atoms with Gasteiger partial charge >= 0.3 is 0 Å². The van der Waals surface area contributed by atoms with Crippen LogP contribution >= 0.6 is 0 Å². The van der Waals surface area contributed by atoms with Crippen LogP contribution in [0.1, 0.15) is 69.8 Å². The van der Waals surface area contributed by atoms with Crippen LogP contribution in [0.3, 0.4) is 0 Å². The van der Waals surface area contributed by atoms with E-state index in [-0.39, 0.29) is 5.92 Å². The van der Waals surface area contributed by atoms with Crippen LogP contribution < -0.4 is 10.7 Å². The third-order valence-corrected chi connectivity index (χ3v) is 7.93. The van der Waals surface area contributed by atoms with Crippen LogP contribution in [0.25, 0.3) is 5.57 Å². The lowest BCUT2D eigenvalue weighted by molar-refractivity contribution is -0.133. The van der Waals surface area contributed by atoms with Gasteiger partial charge in [-0.25, -0.2) is 4.99 Å². The van der Waals surface area contributed by atoms with Crippen LogP contribution in [0.15, 0.2) is 59.9 Å². The molecule has 5 rings (SSSR count). The van der Waals surface area contributed by atoms with Crippen molar-refractivity contribution in [3.63, 3.8) is 0 Å². The summed E-state index contributed by atoms with van der Waals surface area (Å²) in [5, 5.41) is 1.29. The number of rotatable bonds is 3. The van der Waals surface area contributed by atoms with Gasteiger partial charge in [-0.05, 0) is 74.8 Å². The summed E-state index contributed by atoms with van der Waals surface area (Å²) >= 11 is 0. The molecule has 168 valence electrons. The van der Waals surface area contributed by atoms with E-state index in [4.69, 9.17) is 0 Å². The lowest BCUT2D eigenvalue weighted by atomic mass is 9.85. The van der Waals surface area contributed by atoms with Crippen molar-refractivity contribution in [3.8, 4) is 0 Å². The van der Waals surface area contributed by atoms with E-state index in [0.717, 1.165) is 43.4 Å². The highest BCUT2D eigenvalue weighted by atomic mass is 16.2. The number of fused-ring (bicyclic) bond motifs is 1. The van der Waals surface area contributed by atoms with Crippen molar-refractivity contribution >= 4 is 11.5 Å². The Kier molecular flexibility index (Phi) is 6.03. The van der Waals surface area contributed by atoms with E-state index in [1.54, 1.807) is 0 Å².